The van der Waals surface area contributed by atoms with Gasteiger partial charge in [-0.15, -0.1) is 21.5 Å². The van der Waals surface area contributed by atoms with E-state index in [-0.39, 0.29) is 12.3 Å². The van der Waals surface area contributed by atoms with Gasteiger partial charge in [-0.2, -0.15) is 11.3 Å². The normalized spacial score (nSPS) is 10.9. The van der Waals surface area contributed by atoms with Crippen LogP contribution in [-0.4, -0.2) is 21.1 Å². The van der Waals surface area contributed by atoms with Crippen molar-refractivity contribution in [2.75, 3.05) is 5.32 Å². The zero-order chi connectivity index (χ0) is 19.3. The second-order valence-corrected chi connectivity index (χ2v) is 8.33. The first kappa shape index (κ1) is 18.8. The first-order valence-corrected chi connectivity index (χ1v) is 10.6. The standard InChI is InChI=1S/C19H15ClN4O2S2/c20-14-3-1-2-12(8-14)9-15-10-21-19(28-15)22-16(25)4-5-17-23-24-18(26-17)13-6-7-27-11-13/h1-3,6-8,10-11H,4-5,9H2,(H,21,22,25). The van der Waals surface area contributed by atoms with Gasteiger partial charge in [-0.3, -0.25) is 4.79 Å². The van der Waals surface area contributed by atoms with E-state index in [4.69, 9.17) is 16.0 Å². The maximum absolute atomic E-state index is 12.2. The van der Waals surface area contributed by atoms with Crippen molar-refractivity contribution in [3.63, 3.8) is 0 Å². The molecule has 4 aromatic rings. The van der Waals surface area contributed by atoms with Crippen molar-refractivity contribution in [3.8, 4) is 11.5 Å². The highest BCUT2D eigenvalue weighted by Gasteiger charge is 2.12. The molecule has 0 saturated carbocycles. The number of hydrogen-bond donors (Lipinski definition) is 1. The van der Waals surface area contributed by atoms with Crippen molar-refractivity contribution in [3.05, 3.63) is 68.6 Å². The lowest BCUT2D eigenvalue weighted by molar-refractivity contribution is -0.116. The number of carbonyl (C=O) groups is 1. The van der Waals surface area contributed by atoms with Crippen LogP contribution in [0.25, 0.3) is 11.5 Å². The smallest absolute Gasteiger partial charge is 0.248 e. The Labute approximate surface area is 174 Å². The number of hydrogen-bond acceptors (Lipinski definition) is 7. The van der Waals surface area contributed by atoms with Gasteiger partial charge in [-0.05, 0) is 29.1 Å². The van der Waals surface area contributed by atoms with Gasteiger partial charge < -0.3 is 9.73 Å². The monoisotopic (exact) mass is 430 g/mol. The number of nitrogens with zero attached hydrogens (tertiary/aromatic N) is 3. The lowest BCUT2D eigenvalue weighted by Crippen LogP contribution is -2.12. The van der Waals surface area contributed by atoms with Gasteiger partial charge in [0.05, 0.1) is 0 Å². The second kappa shape index (κ2) is 8.64. The number of aryl methyl sites for hydroxylation is 1. The molecule has 3 aromatic heterocycles. The van der Waals surface area contributed by atoms with Crippen molar-refractivity contribution in [1.82, 2.24) is 15.2 Å². The predicted molar refractivity (Wildman–Crippen MR) is 111 cm³/mol. The molecule has 28 heavy (non-hydrogen) atoms. The number of carbonyl (C=O) groups excluding carboxylic acids is 1. The van der Waals surface area contributed by atoms with Gasteiger partial charge >= 0.3 is 0 Å². The molecule has 0 unspecified atom stereocenters. The van der Waals surface area contributed by atoms with E-state index in [0.29, 0.717) is 28.4 Å². The highest BCUT2D eigenvalue weighted by molar-refractivity contribution is 7.15. The van der Waals surface area contributed by atoms with Crippen LogP contribution in [0.2, 0.25) is 5.02 Å². The molecule has 6 nitrogen and oxygen atoms in total. The van der Waals surface area contributed by atoms with E-state index in [1.165, 1.54) is 11.3 Å². The molecule has 4 rings (SSSR count). The number of anilines is 1. The minimum atomic E-state index is -0.140. The summed E-state index contributed by atoms with van der Waals surface area (Å²) in [6, 6.07) is 9.61. The number of thiophene rings is 1. The molecule has 0 bridgehead atoms. The van der Waals surface area contributed by atoms with Gasteiger partial charge in [0, 0.05) is 46.3 Å². The van der Waals surface area contributed by atoms with Crippen molar-refractivity contribution in [2.24, 2.45) is 0 Å². The number of benzene rings is 1. The van der Waals surface area contributed by atoms with Crippen LogP contribution in [0.15, 0.2) is 51.7 Å². The molecule has 1 aromatic carbocycles. The minimum Gasteiger partial charge on any atom is -0.421 e. The van der Waals surface area contributed by atoms with E-state index >= 15 is 0 Å². The second-order valence-electron chi connectivity index (χ2n) is 6.00. The van der Waals surface area contributed by atoms with Gasteiger partial charge in [0.2, 0.25) is 17.7 Å². The summed E-state index contributed by atoms with van der Waals surface area (Å²) in [5.74, 6) is 0.776. The van der Waals surface area contributed by atoms with Crippen LogP contribution < -0.4 is 5.32 Å². The number of halogens is 1. The van der Waals surface area contributed by atoms with Crippen LogP contribution in [0.4, 0.5) is 5.13 Å². The summed E-state index contributed by atoms with van der Waals surface area (Å²) in [6.45, 7) is 0. The molecule has 1 amide bonds. The fraction of sp³-hybridized carbons (Fsp3) is 0.158. The summed E-state index contributed by atoms with van der Waals surface area (Å²) in [5.41, 5.74) is 2.00. The fourth-order valence-electron chi connectivity index (χ4n) is 2.55. The molecule has 0 aliphatic heterocycles. The molecule has 0 atom stereocenters. The van der Waals surface area contributed by atoms with Gasteiger partial charge in [-0.1, -0.05) is 23.7 Å². The van der Waals surface area contributed by atoms with Crippen LogP contribution in [0.1, 0.15) is 22.8 Å². The van der Waals surface area contributed by atoms with Crippen molar-refractivity contribution in [1.29, 1.82) is 0 Å². The Kier molecular flexibility index (Phi) is 5.80. The quantitative estimate of drug-likeness (QED) is 0.442. The molecular formula is C19H15ClN4O2S2. The average molecular weight is 431 g/mol. The summed E-state index contributed by atoms with van der Waals surface area (Å²) < 4.78 is 5.59. The van der Waals surface area contributed by atoms with Crippen LogP contribution in [0.3, 0.4) is 0 Å². The first-order chi connectivity index (χ1) is 13.7. The van der Waals surface area contributed by atoms with Gasteiger partial charge in [0.1, 0.15) is 0 Å². The predicted octanol–water partition coefficient (Wildman–Crippen LogP) is 5.07. The van der Waals surface area contributed by atoms with E-state index in [0.717, 1.165) is 22.4 Å². The molecule has 9 heteroatoms. The maximum atomic E-state index is 12.2. The molecule has 3 heterocycles. The Morgan fingerprint density at radius 3 is 3.00 bits per heavy atom. The SMILES string of the molecule is O=C(CCc1nnc(-c2ccsc2)o1)Nc1ncc(Cc2cccc(Cl)c2)s1. The topological polar surface area (TPSA) is 80.9 Å². The van der Waals surface area contributed by atoms with E-state index in [2.05, 4.69) is 20.5 Å². The number of thiazole rings is 1. The average Bonchev–Trinajstić information content (AvgIpc) is 3.42. The number of rotatable bonds is 7. The van der Waals surface area contributed by atoms with Gasteiger partial charge in [-0.25, -0.2) is 4.98 Å². The van der Waals surface area contributed by atoms with E-state index in [1.807, 2.05) is 41.1 Å². The Morgan fingerprint density at radius 2 is 2.18 bits per heavy atom. The largest absolute Gasteiger partial charge is 0.421 e. The molecule has 142 valence electrons. The molecular weight excluding hydrogens is 416 g/mol. The summed E-state index contributed by atoms with van der Waals surface area (Å²) in [6.07, 6.45) is 3.12. The number of aromatic nitrogens is 3. The maximum Gasteiger partial charge on any atom is 0.248 e. The van der Waals surface area contributed by atoms with E-state index in [1.54, 1.807) is 17.5 Å². The molecule has 0 spiro atoms. The van der Waals surface area contributed by atoms with Gasteiger partial charge in [0.15, 0.2) is 5.13 Å². The third-order valence-electron chi connectivity index (χ3n) is 3.87. The summed E-state index contributed by atoms with van der Waals surface area (Å²) in [5, 5.41) is 16.0. The zero-order valence-electron chi connectivity index (χ0n) is 14.6. The summed E-state index contributed by atoms with van der Waals surface area (Å²) in [7, 11) is 0. The number of nitrogens with one attached hydrogen (secondary N) is 1. The van der Waals surface area contributed by atoms with Crippen molar-refractivity contribution in [2.45, 2.75) is 19.3 Å². The minimum absolute atomic E-state index is 0.140. The Bertz CT molecular complexity index is 1080. The molecule has 0 fully saturated rings. The molecule has 1 N–H and O–H groups in total. The lowest BCUT2D eigenvalue weighted by atomic mass is 10.1. The Morgan fingerprint density at radius 1 is 1.25 bits per heavy atom. The van der Waals surface area contributed by atoms with Crippen LogP contribution in [0, 0.1) is 0 Å². The van der Waals surface area contributed by atoms with Crippen LogP contribution >= 0.6 is 34.3 Å². The molecule has 0 radical (unpaired) electrons. The highest BCUT2D eigenvalue weighted by Crippen LogP contribution is 2.23. The fourth-order valence-corrected chi connectivity index (χ4v) is 4.26. The molecule has 0 aliphatic carbocycles. The van der Waals surface area contributed by atoms with E-state index in [9.17, 15) is 4.79 Å². The van der Waals surface area contributed by atoms with Crippen molar-refractivity contribution >= 4 is 45.3 Å². The highest BCUT2D eigenvalue weighted by atomic mass is 35.5. The first-order valence-electron chi connectivity index (χ1n) is 8.49. The molecule has 0 aliphatic rings. The number of amides is 1. The van der Waals surface area contributed by atoms with Gasteiger partial charge in [0.25, 0.3) is 0 Å². The van der Waals surface area contributed by atoms with Crippen LogP contribution in [0.5, 0.6) is 0 Å². The third kappa shape index (κ3) is 4.83. The summed E-state index contributed by atoms with van der Waals surface area (Å²) >= 11 is 9.03. The lowest BCUT2D eigenvalue weighted by Gasteiger charge is -2.00. The van der Waals surface area contributed by atoms with Crippen LogP contribution in [-0.2, 0) is 17.6 Å². The third-order valence-corrected chi connectivity index (χ3v) is 5.70. The molecule has 0 saturated heterocycles. The Balaban J connectivity index is 1.29. The van der Waals surface area contributed by atoms with E-state index < -0.39 is 0 Å². The Hall–Kier alpha value is -2.55. The summed E-state index contributed by atoms with van der Waals surface area (Å²) in [4.78, 5) is 17.5. The van der Waals surface area contributed by atoms with Crippen molar-refractivity contribution < 1.29 is 9.21 Å². The zero-order valence-corrected chi connectivity index (χ0v) is 17.0.